The first-order valence-electron chi connectivity index (χ1n) is 7.83. The van der Waals surface area contributed by atoms with Crippen molar-refractivity contribution in [2.75, 3.05) is 13.2 Å². The van der Waals surface area contributed by atoms with Crippen molar-refractivity contribution < 1.29 is 9.90 Å². The second kappa shape index (κ2) is 6.85. The summed E-state index contributed by atoms with van der Waals surface area (Å²) in [6, 6.07) is -0.0503. The molecule has 1 heterocycles. The van der Waals surface area contributed by atoms with E-state index < -0.39 is 5.41 Å². The molecule has 1 amide bonds. The average molecular weight is 298 g/mol. The molecular weight excluding hydrogens is 272 g/mol. The molecule has 5 heteroatoms. The fraction of sp³-hybridized carbons (Fsp3) is 0.867. The quantitative estimate of drug-likeness (QED) is 0.618. The van der Waals surface area contributed by atoms with Crippen molar-refractivity contribution in [2.45, 2.75) is 63.8 Å². The smallest absolute Gasteiger partial charge is 0.235 e. The lowest BCUT2D eigenvalue weighted by atomic mass is 9.78. The lowest BCUT2D eigenvalue weighted by Crippen LogP contribution is -2.55. The fourth-order valence-electron chi connectivity index (χ4n) is 3.63. The van der Waals surface area contributed by atoms with Crippen molar-refractivity contribution in [3.05, 3.63) is 0 Å². The number of likely N-dealkylation sites (tertiary alicyclic amines) is 1. The number of piperidine rings is 1. The number of carbonyl (C=O) groups excluding carboxylic acids is 1. The van der Waals surface area contributed by atoms with Crippen LogP contribution in [0.2, 0.25) is 0 Å². The second-order valence-corrected chi connectivity index (χ2v) is 6.63. The highest BCUT2D eigenvalue weighted by atomic mass is 32.1. The molecule has 0 spiro atoms. The highest BCUT2D eigenvalue weighted by Gasteiger charge is 2.45. The Balaban J connectivity index is 2.23. The Hall–Kier alpha value is -0.680. The third-order valence-electron chi connectivity index (χ3n) is 4.94. The number of hydrogen-bond acceptors (Lipinski definition) is 3. The van der Waals surface area contributed by atoms with Crippen LogP contribution >= 0.6 is 12.2 Å². The van der Waals surface area contributed by atoms with Crippen LogP contribution in [0.15, 0.2) is 0 Å². The maximum absolute atomic E-state index is 13.1. The third kappa shape index (κ3) is 2.98. The van der Waals surface area contributed by atoms with E-state index in [1.54, 1.807) is 0 Å². The summed E-state index contributed by atoms with van der Waals surface area (Å²) in [6.45, 7) is 0.771. The summed E-state index contributed by atoms with van der Waals surface area (Å²) in [5.41, 5.74) is 5.33. The minimum absolute atomic E-state index is 0.0408. The van der Waals surface area contributed by atoms with Crippen molar-refractivity contribution in [3.63, 3.8) is 0 Å². The summed E-state index contributed by atoms with van der Waals surface area (Å²) in [7, 11) is 0. The molecule has 20 heavy (non-hydrogen) atoms. The molecule has 1 atom stereocenters. The first-order chi connectivity index (χ1) is 9.62. The minimum atomic E-state index is -0.656. The minimum Gasteiger partial charge on any atom is -0.394 e. The van der Waals surface area contributed by atoms with Crippen molar-refractivity contribution in [3.8, 4) is 0 Å². The van der Waals surface area contributed by atoms with Crippen LogP contribution in [-0.4, -0.2) is 40.1 Å². The topological polar surface area (TPSA) is 66.6 Å². The van der Waals surface area contributed by atoms with E-state index in [1.807, 2.05) is 4.90 Å². The predicted octanol–water partition coefficient (Wildman–Crippen LogP) is 1.99. The number of nitrogens with zero attached hydrogens (tertiary/aromatic N) is 1. The van der Waals surface area contributed by atoms with Crippen LogP contribution in [0.25, 0.3) is 0 Å². The van der Waals surface area contributed by atoms with Gasteiger partial charge in [-0.3, -0.25) is 4.79 Å². The highest BCUT2D eigenvalue weighted by Crippen LogP contribution is 2.38. The summed E-state index contributed by atoms with van der Waals surface area (Å²) in [6.07, 6.45) is 8.86. The molecule has 3 N–H and O–H groups in total. The molecule has 2 rings (SSSR count). The third-order valence-corrected chi connectivity index (χ3v) is 5.33. The standard InChI is InChI=1S/C15H26N2O2S/c16-13(20)15(8-4-1-2-5-9-15)14(19)17-10-6-3-7-12(17)11-18/h12,18H,1-11H2,(H2,16,20). The van der Waals surface area contributed by atoms with E-state index in [1.165, 1.54) is 0 Å². The average Bonchev–Trinajstić information content (AvgIpc) is 2.73. The number of nitrogens with two attached hydrogens (primary N) is 1. The molecule has 1 saturated carbocycles. The van der Waals surface area contributed by atoms with Gasteiger partial charge in [-0.05, 0) is 32.1 Å². The molecule has 1 aliphatic heterocycles. The van der Waals surface area contributed by atoms with E-state index in [2.05, 4.69) is 0 Å². The van der Waals surface area contributed by atoms with Crippen LogP contribution in [0, 0.1) is 5.41 Å². The zero-order valence-corrected chi connectivity index (χ0v) is 13.0. The van der Waals surface area contributed by atoms with E-state index >= 15 is 0 Å². The summed E-state index contributed by atoms with van der Waals surface area (Å²) < 4.78 is 0. The van der Waals surface area contributed by atoms with Gasteiger partial charge in [0, 0.05) is 6.54 Å². The van der Waals surface area contributed by atoms with E-state index in [4.69, 9.17) is 18.0 Å². The number of amides is 1. The summed E-state index contributed by atoms with van der Waals surface area (Å²) in [4.78, 5) is 15.3. The summed E-state index contributed by atoms with van der Waals surface area (Å²) >= 11 is 5.28. The van der Waals surface area contributed by atoms with Crippen LogP contribution < -0.4 is 5.73 Å². The number of rotatable bonds is 3. The lowest BCUT2D eigenvalue weighted by molar-refractivity contribution is -0.143. The molecule has 1 unspecified atom stereocenters. The van der Waals surface area contributed by atoms with Gasteiger partial charge < -0.3 is 15.7 Å². The Morgan fingerprint density at radius 1 is 1.20 bits per heavy atom. The van der Waals surface area contributed by atoms with Gasteiger partial charge in [-0.25, -0.2) is 0 Å². The van der Waals surface area contributed by atoms with Gasteiger partial charge in [0.25, 0.3) is 0 Å². The molecule has 0 bridgehead atoms. The van der Waals surface area contributed by atoms with Crippen molar-refractivity contribution in [2.24, 2.45) is 11.1 Å². The molecule has 1 aliphatic carbocycles. The monoisotopic (exact) mass is 298 g/mol. The second-order valence-electron chi connectivity index (χ2n) is 6.19. The van der Waals surface area contributed by atoms with Crippen molar-refractivity contribution >= 4 is 23.1 Å². The van der Waals surface area contributed by atoms with E-state index in [0.717, 1.165) is 64.3 Å². The molecule has 4 nitrogen and oxygen atoms in total. The van der Waals surface area contributed by atoms with Gasteiger partial charge in [0.2, 0.25) is 5.91 Å². The normalized spacial score (nSPS) is 26.9. The number of hydrogen-bond donors (Lipinski definition) is 2. The van der Waals surface area contributed by atoms with E-state index in [0.29, 0.717) is 4.99 Å². The Morgan fingerprint density at radius 2 is 1.85 bits per heavy atom. The number of thiocarbonyl (C=S) groups is 1. The van der Waals surface area contributed by atoms with Gasteiger partial charge in [0.15, 0.2) is 0 Å². The molecule has 114 valence electrons. The van der Waals surface area contributed by atoms with Crippen molar-refractivity contribution in [1.29, 1.82) is 0 Å². The van der Waals surface area contributed by atoms with Crippen LogP contribution in [0.5, 0.6) is 0 Å². The Labute approximate surface area is 126 Å². The van der Waals surface area contributed by atoms with E-state index in [9.17, 15) is 9.90 Å². The van der Waals surface area contributed by atoms with Gasteiger partial charge >= 0.3 is 0 Å². The molecule has 1 saturated heterocycles. The van der Waals surface area contributed by atoms with Gasteiger partial charge in [-0.2, -0.15) is 0 Å². The first-order valence-corrected chi connectivity index (χ1v) is 8.24. The van der Waals surface area contributed by atoms with Crippen LogP contribution in [0.4, 0.5) is 0 Å². The van der Waals surface area contributed by atoms with Gasteiger partial charge in [0.05, 0.1) is 23.1 Å². The molecule has 0 aromatic heterocycles. The van der Waals surface area contributed by atoms with Crippen LogP contribution in [0.1, 0.15) is 57.8 Å². The summed E-state index contributed by atoms with van der Waals surface area (Å²) in [5.74, 6) is 0.0747. The largest absolute Gasteiger partial charge is 0.394 e. The van der Waals surface area contributed by atoms with E-state index in [-0.39, 0.29) is 18.6 Å². The Kier molecular flexibility index (Phi) is 5.38. The maximum Gasteiger partial charge on any atom is 0.235 e. The Morgan fingerprint density at radius 3 is 2.40 bits per heavy atom. The number of aliphatic hydroxyl groups is 1. The highest BCUT2D eigenvalue weighted by molar-refractivity contribution is 7.80. The first kappa shape index (κ1) is 15.7. The zero-order valence-electron chi connectivity index (χ0n) is 12.1. The fourth-order valence-corrected chi connectivity index (χ4v) is 3.92. The SMILES string of the molecule is NC(=S)C1(C(=O)N2CCCCC2CO)CCCCCC1. The predicted molar refractivity (Wildman–Crippen MR) is 83.4 cm³/mol. The molecule has 0 radical (unpaired) electrons. The zero-order chi connectivity index (χ0) is 14.6. The molecule has 2 aliphatic rings. The van der Waals surface area contributed by atoms with Crippen LogP contribution in [0.3, 0.4) is 0 Å². The lowest BCUT2D eigenvalue weighted by Gasteiger charge is -2.41. The van der Waals surface area contributed by atoms with Gasteiger partial charge in [0.1, 0.15) is 0 Å². The van der Waals surface area contributed by atoms with Gasteiger partial charge in [-0.1, -0.05) is 37.9 Å². The molecule has 0 aromatic carbocycles. The van der Waals surface area contributed by atoms with Gasteiger partial charge in [-0.15, -0.1) is 0 Å². The number of aliphatic hydroxyl groups excluding tert-OH is 1. The molecule has 2 fully saturated rings. The molecular formula is C15H26N2O2S. The Bertz CT molecular complexity index is 365. The van der Waals surface area contributed by atoms with Crippen molar-refractivity contribution in [1.82, 2.24) is 4.90 Å². The summed E-state index contributed by atoms with van der Waals surface area (Å²) in [5, 5.41) is 9.53. The van der Waals surface area contributed by atoms with Crippen LogP contribution in [-0.2, 0) is 4.79 Å². The molecule has 0 aromatic rings. The number of carbonyl (C=O) groups is 1. The maximum atomic E-state index is 13.1.